The van der Waals surface area contributed by atoms with Crippen LogP contribution in [0.5, 0.6) is 11.5 Å². The zero-order valence-electron chi connectivity index (χ0n) is 13.7. The van der Waals surface area contributed by atoms with Crippen LogP contribution in [0.15, 0.2) is 42.5 Å². The van der Waals surface area contributed by atoms with Crippen molar-refractivity contribution in [1.29, 1.82) is 0 Å². The van der Waals surface area contributed by atoms with Gasteiger partial charge in [-0.1, -0.05) is 30.3 Å². The predicted molar refractivity (Wildman–Crippen MR) is 90.0 cm³/mol. The van der Waals surface area contributed by atoms with Crippen molar-refractivity contribution in [2.45, 2.75) is 19.5 Å². The van der Waals surface area contributed by atoms with Gasteiger partial charge in [-0.2, -0.15) is 0 Å². The summed E-state index contributed by atoms with van der Waals surface area (Å²) in [7, 11) is 0. The van der Waals surface area contributed by atoms with Crippen molar-refractivity contribution in [3.8, 4) is 11.5 Å². The summed E-state index contributed by atoms with van der Waals surface area (Å²) in [5.74, 6) is 0.274. The fourth-order valence-corrected chi connectivity index (χ4v) is 3.12. The Kier molecular flexibility index (Phi) is 4.01. The van der Waals surface area contributed by atoms with E-state index in [2.05, 4.69) is 11.4 Å². The van der Waals surface area contributed by atoms with Crippen LogP contribution in [0.2, 0.25) is 0 Å². The highest BCUT2D eigenvalue weighted by Gasteiger charge is 2.25. The minimum absolute atomic E-state index is 0.208. The average Bonchev–Trinajstić information content (AvgIpc) is 3.13. The van der Waals surface area contributed by atoms with E-state index in [1.165, 1.54) is 5.56 Å². The van der Waals surface area contributed by atoms with E-state index in [9.17, 15) is 9.59 Å². The van der Waals surface area contributed by atoms with E-state index in [-0.39, 0.29) is 13.3 Å². The van der Waals surface area contributed by atoms with Crippen molar-refractivity contribution < 1.29 is 19.1 Å². The lowest BCUT2D eigenvalue weighted by Gasteiger charge is -2.28. The fourth-order valence-electron chi connectivity index (χ4n) is 3.12. The smallest absolute Gasteiger partial charge is 0.312 e. The van der Waals surface area contributed by atoms with Gasteiger partial charge in [0.1, 0.15) is 0 Å². The van der Waals surface area contributed by atoms with Gasteiger partial charge in [-0.3, -0.25) is 9.59 Å². The predicted octanol–water partition coefficient (Wildman–Crippen LogP) is 1.62. The number of fused-ring (bicyclic) bond motifs is 2. The van der Waals surface area contributed by atoms with Crippen LogP contribution in [0.4, 0.5) is 0 Å². The Bertz CT molecular complexity index is 834. The molecule has 4 rings (SSSR count). The Morgan fingerprint density at radius 3 is 2.72 bits per heavy atom. The molecule has 25 heavy (non-hydrogen) atoms. The van der Waals surface area contributed by atoms with Crippen molar-refractivity contribution in [2.24, 2.45) is 0 Å². The fraction of sp³-hybridized carbons (Fsp3) is 0.263. The van der Waals surface area contributed by atoms with Crippen molar-refractivity contribution in [3.63, 3.8) is 0 Å². The molecular weight excluding hydrogens is 320 g/mol. The van der Waals surface area contributed by atoms with Gasteiger partial charge in [0.25, 0.3) is 0 Å². The third-order valence-electron chi connectivity index (χ3n) is 4.50. The molecule has 2 amide bonds. The third kappa shape index (κ3) is 3.15. The number of carbonyl (C=O) groups is 2. The summed E-state index contributed by atoms with van der Waals surface area (Å²) < 4.78 is 10.6. The molecule has 0 bridgehead atoms. The second-order valence-electron chi connectivity index (χ2n) is 6.12. The van der Waals surface area contributed by atoms with Crippen LogP contribution in [-0.2, 0) is 29.1 Å². The van der Waals surface area contributed by atoms with Gasteiger partial charge < -0.3 is 19.7 Å². The molecular formula is C19H18N2O4. The van der Waals surface area contributed by atoms with E-state index >= 15 is 0 Å². The summed E-state index contributed by atoms with van der Waals surface area (Å²) in [6, 6.07) is 13.5. The topological polar surface area (TPSA) is 67.9 Å². The molecule has 0 aliphatic carbocycles. The van der Waals surface area contributed by atoms with Gasteiger partial charge in [0.05, 0.1) is 0 Å². The molecule has 0 saturated carbocycles. The Balaban J connectivity index is 1.36. The molecule has 2 aliphatic heterocycles. The molecule has 2 heterocycles. The number of benzene rings is 2. The maximum absolute atomic E-state index is 12.4. The van der Waals surface area contributed by atoms with Crippen molar-refractivity contribution in [1.82, 2.24) is 10.2 Å². The van der Waals surface area contributed by atoms with Crippen LogP contribution >= 0.6 is 0 Å². The second kappa shape index (κ2) is 6.47. The van der Waals surface area contributed by atoms with Gasteiger partial charge in [-0.05, 0) is 35.2 Å². The first-order valence-electron chi connectivity index (χ1n) is 8.23. The summed E-state index contributed by atoms with van der Waals surface area (Å²) in [4.78, 5) is 26.2. The first-order valence-corrected chi connectivity index (χ1v) is 8.23. The maximum Gasteiger partial charge on any atom is 0.312 e. The van der Waals surface area contributed by atoms with Gasteiger partial charge in [-0.15, -0.1) is 0 Å². The quantitative estimate of drug-likeness (QED) is 0.845. The lowest BCUT2D eigenvalue weighted by atomic mass is 10.00. The molecule has 1 N–H and O–H groups in total. The molecule has 0 atom stereocenters. The average molecular weight is 338 g/mol. The monoisotopic (exact) mass is 338 g/mol. The largest absolute Gasteiger partial charge is 0.454 e. The summed E-state index contributed by atoms with van der Waals surface area (Å²) in [5, 5.41) is 2.68. The van der Waals surface area contributed by atoms with Crippen LogP contribution in [0.25, 0.3) is 0 Å². The van der Waals surface area contributed by atoms with Crippen molar-refractivity contribution >= 4 is 11.8 Å². The molecule has 128 valence electrons. The van der Waals surface area contributed by atoms with Gasteiger partial charge in [0, 0.05) is 19.6 Å². The molecule has 6 nitrogen and oxygen atoms in total. The van der Waals surface area contributed by atoms with Gasteiger partial charge in [0.2, 0.25) is 6.79 Å². The molecule has 2 aromatic carbocycles. The minimum atomic E-state index is -0.586. The molecule has 0 radical (unpaired) electrons. The Labute approximate surface area is 145 Å². The van der Waals surface area contributed by atoms with E-state index < -0.39 is 11.8 Å². The second-order valence-corrected chi connectivity index (χ2v) is 6.12. The standard InChI is InChI=1S/C19H18N2O4/c22-18(20-10-13-5-6-16-17(9-13)25-12-24-16)19(23)21-8-7-14-3-1-2-4-15(14)11-21/h1-6,9H,7-8,10-12H2,(H,20,22). The van der Waals surface area contributed by atoms with Gasteiger partial charge >= 0.3 is 11.8 Å². The highest BCUT2D eigenvalue weighted by Crippen LogP contribution is 2.32. The van der Waals surface area contributed by atoms with E-state index in [1.54, 1.807) is 11.0 Å². The number of hydrogen-bond donors (Lipinski definition) is 1. The summed E-state index contributed by atoms with van der Waals surface area (Å²) in [5.41, 5.74) is 3.20. The minimum Gasteiger partial charge on any atom is -0.454 e. The Hall–Kier alpha value is -3.02. The number of amides is 2. The number of rotatable bonds is 2. The molecule has 0 spiro atoms. The van der Waals surface area contributed by atoms with E-state index in [1.807, 2.05) is 30.3 Å². The molecule has 0 fully saturated rings. The highest BCUT2D eigenvalue weighted by molar-refractivity contribution is 6.34. The lowest BCUT2D eigenvalue weighted by Crippen LogP contribution is -2.44. The Morgan fingerprint density at radius 1 is 1.04 bits per heavy atom. The van der Waals surface area contributed by atoms with E-state index in [0.29, 0.717) is 24.6 Å². The third-order valence-corrected chi connectivity index (χ3v) is 4.50. The number of nitrogens with one attached hydrogen (secondary N) is 1. The molecule has 6 heteroatoms. The van der Waals surface area contributed by atoms with Crippen molar-refractivity contribution in [3.05, 3.63) is 59.2 Å². The van der Waals surface area contributed by atoms with Crippen molar-refractivity contribution in [2.75, 3.05) is 13.3 Å². The number of nitrogens with zero attached hydrogens (tertiary/aromatic N) is 1. The van der Waals surface area contributed by atoms with Gasteiger partial charge in [-0.25, -0.2) is 0 Å². The van der Waals surface area contributed by atoms with E-state index in [0.717, 1.165) is 17.5 Å². The van der Waals surface area contributed by atoms with Gasteiger partial charge in [0.15, 0.2) is 11.5 Å². The number of hydrogen-bond acceptors (Lipinski definition) is 4. The highest BCUT2D eigenvalue weighted by atomic mass is 16.7. The molecule has 2 aromatic rings. The summed E-state index contributed by atoms with van der Waals surface area (Å²) >= 11 is 0. The first-order chi connectivity index (χ1) is 12.2. The van der Waals surface area contributed by atoms with Crippen LogP contribution < -0.4 is 14.8 Å². The maximum atomic E-state index is 12.4. The molecule has 0 aromatic heterocycles. The first kappa shape index (κ1) is 15.5. The van der Waals surface area contributed by atoms with Crippen LogP contribution in [-0.4, -0.2) is 30.1 Å². The number of ether oxygens (including phenoxy) is 2. The molecule has 0 unspecified atom stereocenters. The van der Waals surface area contributed by atoms with Crippen LogP contribution in [0.1, 0.15) is 16.7 Å². The Morgan fingerprint density at radius 2 is 1.84 bits per heavy atom. The zero-order chi connectivity index (χ0) is 17.2. The molecule has 2 aliphatic rings. The normalized spacial score (nSPS) is 14.8. The van der Waals surface area contributed by atoms with E-state index in [4.69, 9.17) is 9.47 Å². The molecule has 0 saturated heterocycles. The zero-order valence-corrected chi connectivity index (χ0v) is 13.7. The van der Waals surface area contributed by atoms with Crippen LogP contribution in [0, 0.1) is 0 Å². The number of carbonyl (C=O) groups excluding carboxylic acids is 2. The SMILES string of the molecule is O=C(NCc1ccc2c(c1)OCO2)C(=O)N1CCc2ccccc2C1. The lowest BCUT2D eigenvalue weighted by molar-refractivity contribution is -0.146. The van der Waals surface area contributed by atoms with Crippen LogP contribution in [0.3, 0.4) is 0 Å². The summed E-state index contributed by atoms with van der Waals surface area (Å²) in [6.07, 6.45) is 0.775. The summed E-state index contributed by atoms with van der Waals surface area (Å²) in [6.45, 7) is 1.52.